The molecule has 0 atom stereocenters. The van der Waals surface area contributed by atoms with Crippen LogP contribution in [-0.2, 0) is 16.6 Å². The molecule has 0 radical (unpaired) electrons. The summed E-state index contributed by atoms with van der Waals surface area (Å²) < 4.78 is 6.27. The summed E-state index contributed by atoms with van der Waals surface area (Å²) in [5.74, 6) is -0.496. The summed E-state index contributed by atoms with van der Waals surface area (Å²) in [4.78, 5) is 23.0. The second kappa shape index (κ2) is 5.83. The van der Waals surface area contributed by atoms with Gasteiger partial charge in [0.25, 0.3) is 0 Å². The first-order chi connectivity index (χ1) is 8.10. The monoisotopic (exact) mass is 237 g/mol. The summed E-state index contributed by atoms with van der Waals surface area (Å²) in [6, 6.07) is 0. The first-order valence-corrected chi connectivity index (χ1v) is 5.23. The Balaban J connectivity index is 2.94. The van der Waals surface area contributed by atoms with Crippen molar-refractivity contribution in [2.24, 2.45) is 7.05 Å². The molecule has 0 saturated carbocycles. The van der Waals surface area contributed by atoms with Gasteiger partial charge in [-0.25, -0.2) is 4.79 Å². The standard InChI is InChI=1S/C11H15N3O3/c1-4-6-9(15)13-10-8(7-12-14(10)3)11(16)17-5-2/h4,6-7H,5H2,1-3H3,(H,13,15)/b6-4+. The Kier molecular flexibility index (Phi) is 4.45. The van der Waals surface area contributed by atoms with Crippen molar-refractivity contribution < 1.29 is 14.3 Å². The normalized spacial score (nSPS) is 10.5. The summed E-state index contributed by atoms with van der Waals surface area (Å²) in [7, 11) is 1.63. The maximum Gasteiger partial charge on any atom is 0.343 e. The molecule has 6 heteroatoms. The van der Waals surface area contributed by atoms with E-state index in [0.717, 1.165) is 0 Å². The largest absolute Gasteiger partial charge is 0.462 e. The molecule has 6 nitrogen and oxygen atoms in total. The highest BCUT2D eigenvalue weighted by atomic mass is 16.5. The third-order valence-electron chi connectivity index (χ3n) is 1.99. The molecule has 1 N–H and O–H groups in total. The summed E-state index contributed by atoms with van der Waals surface area (Å²) in [5, 5.41) is 6.48. The summed E-state index contributed by atoms with van der Waals surface area (Å²) in [5.41, 5.74) is 0.243. The van der Waals surface area contributed by atoms with Gasteiger partial charge in [0.1, 0.15) is 11.4 Å². The number of allylic oxidation sites excluding steroid dienone is 1. The van der Waals surface area contributed by atoms with Gasteiger partial charge in [-0.3, -0.25) is 9.48 Å². The van der Waals surface area contributed by atoms with Gasteiger partial charge in [-0.2, -0.15) is 5.10 Å². The lowest BCUT2D eigenvalue weighted by atomic mass is 10.3. The number of aromatic nitrogens is 2. The van der Waals surface area contributed by atoms with E-state index in [2.05, 4.69) is 10.4 Å². The van der Waals surface area contributed by atoms with Gasteiger partial charge in [0.05, 0.1) is 12.8 Å². The Morgan fingerprint density at radius 1 is 1.59 bits per heavy atom. The number of rotatable bonds is 4. The van der Waals surface area contributed by atoms with E-state index in [1.807, 2.05) is 0 Å². The molecule has 92 valence electrons. The van der Waals surface area contributed by atoms with Gasteiger partial charge in [-0.1, -0.05) is 6.08 Å². The van der Waals surface area contributed by atoms with E-state index in [9.17, 15) is 9.59 Å². The highest BCUT2D eigenvalue weighted by Gasteiger charge is 2.18. The van der Waals surface area contributed by atoms with Crippen molar-refractivity contribution in [2.45, 2.75) is 13.8 Å². The van der Waals surface area contributed by atoms with E-state index < -0.39 is 5.97 Å². The zero-order valence-electron chi connectivity index (χ0n) is 10.1. The third kappa shape index (κ3) is 3.17. The molecule has 17 heavy (non-hydrogen) atoms. The Labute approximate surface area is 99.3 Å². The van der Waals surface area contributed by atoms with E-state index >= 15 is 0 Å². The topological polar surface area (TPSA) is 73.2 Å². The lowest BCUT2D eigenvalue weighted by molar-refractivity contribution is -0.112. The summed E-state index contributed by atoms with van der Waals surface area (Å²) in [6.07, 6.45) is 4.33. The maximum absolute atomic E-state index is 11.6. The van der Waals surface area contributed by atoms with Crippen LogP contribution in [0.3, 0.4) is 0 Å². The average molecular weight is 237 g/mol. The number of hydrogen-bond acceptors (Lipinski definition) is 4. The minimum atomic E-state index is -0.503. The fraction of sp³-hybridized carbons (Fsp3) is 0.364. The molecule has 0 bridgehead atoms. The highest BCUT2D eigenvalue weighted by molar-refractivity contribution is 6.03. The number of nitrogens with zero attached hydrogens (tertiary/aromatic N) is 2. The van der Waals surface area contributed by atoms with Crippen molar-refractivity contribution in [3.8, 4) is 0 Å². The lowest BCUT2D eigenvalue weighted by Gasteiger charge is -2.05. The Bertz CT molecular complexity index is 449. The Hall–Kier alpha value is -2.11. The van der Waals surface area contributed by atoms with Crippen LogP contribution in [0.2, 0.25) is 0 Å². The third-order valence-corrected chi connectivity index (χ3v) is 1.99. The van der Waals surface area contributed by atoms with Crippen molar-refractivity contribution in [3.63, 3.8) is 0 Å². The lowest BCUT2D eigenvalue weighted by Crippen LogP contribution is -2.15. The van der Waals surface area contributed by atoms with Gasteiger partial charge < -0.3 is 10.1 Å². The van der Waals surface area contributed by atoms with E-state index in [-0.39, 0.29) is 18.1 Å². The zero-order valence-corrected chi connectivity index (χ0v) is 10.1. The number of carbonyl (C=O) groups excluding carboxylic acids is 2. The van der Waals surface area contributed by atoms with Crippen LogP contribution in [0, 0.1) is 0 Å². The molecule has 0 unspecified atom stereocenters. The predicted octanol–water partition coefficient (Wildman–Crippen LogP) is 1.11. The van der Waals surface area contributed by atoms with Crippen LogP contribution in [0.25, 0.3) is 0 Å². The molecule has 1 aromatic heterocycles. The van der Waals surface area contributed by atoms with Crippen molar-refractivity contribution in [1.82, 2.24) is 9.78 Å². The predicted molar refractivity (Wildman–Crippen MR) is 62.6 cm³/mol. The van der Waals surface area contributed by atoms with Gasteiger partial charge in [0.2, 0.25) is 5.91 Å². The average Bonchev–Trinajstić information content (AvgIpc) is 2.61. The first kappa shape index (κ1) is 13.0. The van der Waals surface area contributed by atoms with Crippen molar-refractivity contribution in [2.75, 3.05) is 11.9 Å². The zero-order chi connectivity index (χ0) is 12.8. The number of carbonyl (C=O) groups is 2. The molecule has 0 spiro atoms. The molecule has 1 amide bonds. The van der Waals surface area contributed by atoms with E-state index in [1.54, 1.807) is 27.0 Å². The van der Waals surface area contributed by atoms with Crippen LogP contribution in [0.15, 0.2) is 18.3 Å². The molecule has 0 fully saturated rings. The molecule has 1 heterocycles. The molecule has 0 aliphatic heterocycles. The molecular weight excluding hydrogens is 222 g/mol. The number of nitrogens with one attached hydrogen (secondary N) is 1. The van der Waals surface area contributed by atoms with Gasteiger partial charge in [-0.05, 0) is 19.9 Å². The van der Waals surface area contributed by atoms with Crippen LogP contribution in [0.1, 0.15) is 24.2 Å². The quantitative estimate of drug-likeness (QED) is 0.629. The first-order valence-electron chi connectivity index (χ1n) is 5.23. The van der Waals surface area contributed by atoms with Crippen molar-refractivity contribution >= 4 is 17.7 Å². The minimum absolute atomic E-state index is 0.243. The van der Waals surface area contributed by atoms with Gasteiger partial charge in [-0.15, -0.1) is 0 Å². The van der Waals surface area contributed by atoms with E-state index in [1.165, 1.54) is 17.0 Å². The number of hydrogen-bond donors (Lipinski definition) is 1. The fourth-order valence-electron chi connectivity index (χ4n) is 1.25. The number of anilines is 1. The molecule has 1 aromatic rings. The minimum Gasteiger partial charge on any atom is -0.462 e. The van der Waals surface area contributed by atoms with Crippen LogP contribution >= 0.6 is 0 Å². The molecule has 0 saturated heterocycles. The second-order valence-electron chi connectivity index (χ2n) is 3.24. The van der Waals surface area contributed by atoms with Gasteiger partial charge in [0, 0.05) is 7.05 Å². The van der Waals surface area contributed by atoms with Gasteiger partial charge in [0.15, 0.2) is 0 Å². The van der Waals surface area contributed by atoms with Crippen molar-refractivity contribution in [1.29, 1.82) is 0 Å². The Morgan fingerprint density at radius 3 is 2.88 bits per heavy atom. The smallest absolute Gasteiger partial charge is 0.343 e. The van der Waals surface area contributed by atoms with Crippen LogP contribution in [-0.4, -0.2) is 28.3 Å². The summed E-state index contributed by atoms with van der Waals surface area (Å²) >= 11 is 0. The molecule has 1 rings (SSSR count). The maximum atomic E-state index is 11.6. The number of aryl methyl sites for hydroxylation is 1. The summed E-state index contributed by atoms with van der Waals surface area (Å²) in [6.45, 7) is 3.72. The molecule has 0 aromatic carbocycles. The Morgan fingerprint density at radius 2 is 2.29 bits per heavy atom. The van der Waals surface area contributed by atoms with E-state index in [0.29, 0.717) is 5.82 Å². The molecule has 0 aliphatic carbocycles. The number of esters is 1. The van der Waals surface area contributed by atoms with Crippen LogP contribution in [0.5, 0.6) is 0 Å². The molecular formula is C11H15N3O3. The highest BCUT2D eigenvalue weighted by Crippen LogP contribution is 2.15. The fourth-order valence-corrected chi connectivity index (χ4v) is 1.25. The number of amides is 1. The number of ether oxygens (including phenoxy) is 1. The molecule has 0 aliphatic rings. The van der Waals surface area contributed by atoms with Crippen LogP contribution < -0.4 is 5.32 Å². The van der Waals surface area contributed by atoms with Gasteiger partial charge >= 0.3 is 5.97 Å². The van der Waals surface area contributed by atoms with Crippen LogP contribution in [0.4, 0.5) is 5.82 Å². The second-order valence-corrected chi connectivity index (χ2v) is 3.24. The van der Waals surface area contributed by atoms with E-state index in [4.69, 9.17) is 4.74 Å². The van der Waals surface area contributed by atoms with Crippen molar-refractivity contribution in [3.05, 3.63) is 23.9 Å². The SMILES string of the molecule is C/C=C/C(=O)Nc1c(C(=O)OCC)cnn1C.